The highest BCUT2D eigenvalue weighted by molar-refractivity contribution is 6.00. The Balaban J connectivity index is 2.02. The minimum absolute atomic E-state index is 0.0924. The number of nitrogens with one attached hydrogen (secondary N) is 3. The van der Waals surface area contributed by atoms with Gasteiger partial charge in [0.05, 0.1) is 6.04 Å². The van der Waals surface area contributed by atoms with Crippen molar-refractivity contribution >= 4 is 11.8 Å². The van der Waals surface area contributed by atoms with Gasteiger partial charge in [-0.1, -0.05) is 26.8 Å². The highest BCUT2D eigenvalue weighted by atomic mass is 16.2. The number of nitrogens with zero attached hydrogens (tertiary/aromatic N) is 1. The third-order valence-electron chi connectivity index (χ3n) is 5.86. The van der Waals surface area contributed by atoms with E-state index in [1.807, 2.05) is 0 Å². The first-order chi connectivity index (χ1) is 11.4. The van der Waals surface area contributed by atoms with Crippen LogP contribution in [-0.4, -0.2) is 61.0 Å². The summed E-state index contributed by atoms with van der Waals surface area (Å²) >= 11 is 0. The molecule has 2 amide bonds. The van der Waals surface area contributed by atoms with E-state index in [4.69, 9.17) is 0 Å². The molecule has 1 unspecified atom stereocenters. The number of hydrogen-bond donors (Lipinski definition) is 3. The predicted octanol–water partition coefficient (Wildman–Crippen LogP) is 0.647. The molecule has 0 aliphatic carbocycles. The van der Waals surface area contributed by atoms with E-state index in [1.54, 1.807) is 0 Å². The van der Waals surface area contributed by atoms with Crippen molar-refractivity contribution in [2.75, 3.05) is 32.7 Å². The Morgan fingerprint density at radius 1 is 1.42 bits per heavy atom. The highest BCUT2D eigenvalue weighted by Crippen LogP contribution is 2.33. The maximum Gasteiger partial charge on any atom is 0.243 e. The van der Waals surface area contributed by atoms with Crippen LogP contribution in [0.15, 0.2) is 12.2 Å². The van der Waals surface area contributed by atoms with Gasteiger partial charge < -0.3 is 10.6 Å². The molecule has 6 heteroatoms. The van der Waals surface area contributed by atoms with E-state index >= 15 is 0 Å². The van der Waals surface area contributed by atoms with Crippen molar-refractivity contribution in [3.05, 3.63) is 12.2 Å². The van der Waals surface area contributed by atoms with Crippen LogP contribution in [0.1, 0.15) is 40.0 Å². The third kappa shape index (κ3) is 4.05. The van der Waals surface area contributed by atoms with Crippen LogP contribution in [0.4, 0.5) is 0 Å². The first kappa shape index (κ1) is 19.1. The maximum absolute atomic E-state index is 11.9. The van der Waals surface area contributed by atoms with Gasteiger partial charge in [-0.15, -0.1) is 0 Å². The molecule has 2 rings (SSSR count). The summed E-state index contributed by atoms with van der Waals surface area (Å²) in [6.45, 7) is 15.8. The van der Waals surface area contributed by atoms with E-state index in [2.05, 4.69) is 48.2 Å². The van der Waals surface area contributed by atoms with Gasteiger partial charge in [0.15, 0.2) is 0 Å². The van der Waals surface area contributed by atoms with Crippen LogP contribution in [0, 0.1) is 5.92 Å². The van der Waals surface area contributed by atoms with Gasteiger partial charge in [-0.2, -0.15) is 0 Å². The Labute approximate surface area is 145 Å². The van der Waals surface area contributed by atoms with Crippen LogP contribution in [-0.2, 0) is 9.59 Å². The monoisotopic (exact) mass is 336 g/mol. The van der Waals surface area contributed by atoms with Crippen LogP contribution >= 0.6 is 0 Å². The zero-order chi connectivity index (χ0) is 17.7. The van der Waals surface area contributed by atoms with Crippen LogP contribution in [0.3, 0.4) is 0 Å². The molecular weight excluding hydrogens is 304 g/mol. The lowest BCUT2D eigenvalue weighted by Gasteiger charge is -2.49. The maximum atomic E-state index is 11.9. The number of piperazine rings is 1. The number of amides is 2. The van der Waals surface area contributed by atoms with Crippen LogP contribution in [0.2, 0.25) is 0 Å². The molecule has 0 aromatic rings. The molecule has 3 atom stereocenters. The number of rotatable bonds is 7. The van der Waals surface area contributed by atoms with Crippen LogP contribution < -0.4 is 16.0 Å². The summed E-state index contributed by atoms with van der Waals surface area (Å²) in [6.07, 6.45) is 2.04. The van der Waals surface area contributed by atoms with Gasteiger partial charge in [-0.3, -0.25) is 19.8 Å². The molecule has 136 valence electrons. The minimum atomic E-state index is -0.302. The van der Waals surface area contributed by atoms with Crippen LogP contribution in [0.25, 0.3) is 0 Å². The Morgan fingerprint density at radius 2 is 2.08 bits per heavy atom. The smallest absolute Gasteiger partial charge is 0.243 e. The largest absolute Gasteiger partial charge is 0.314 e. The van der Waals surface area contributed by atoms with E-state index in [0.717, 1.165) is 38.2 Å². The lowest BCUT2D eigenvalue weighted by atomic mass is 9.77. The summed E-state index contributed by atoms with van der Waals surface area (Å²) in [6, 6.07) is -0.302. The Morgan fingerprint density at radius 3 is 2.67 bits per heavy atom. The third-order valence-corrected chi connectivity index (χ3v) is 5.86. The minimum Gasteiger partial charge on any atom is -0.314 e. The van der Waals surface area contributed by atoms with Crippen molar-refractivity contribution in [2.45, 2.75) is 51.6 Å². The van der Waals surface area contributed by atoms with Crippen molar-refractivity contribution in [1.82, 2.24) is 20.9 Å². The molecule has 0 saturated carbocycles. The van der Waals surface area contributed by atoms with Gasteiger partial charge in [0.25, 0.3) is 0 Å². The van der Waals surface area contributed by atoms with Crippen molar-refractivity contribution in [1.29, 1.82) is 0 Å². The summed E-state index contributed by atoms with van der Waals surface area (Å²) in [4.78, 5) is 25.7. The fraction of sp³-hybridized carbons (Fsp3) is 0.778. The van der Waals surface area contributed by atoms with Crippen molar-refractivity contribution in [3.63, 3.8) is 0 Å². The van der Waals surface area contributed by atoms with Gasteiger partial charge >= 0.3 is 0 Å². The molecule has 0 aromatic heterocycles. The number of carbonyl (C=O) groups excluding carboxylic acids is 2. The summed E-state index contributed by atoms with van der Waals surface area (Å²) in [5.41, 5.74) is 1.02. The molecule has 0 aromatic carbocycles. The second-order valence-electron chi connectivity index (χ2n) is 7.18. The number of imide groups is 1. The molecule has 24 heavy (non-hydrogen) atoms. The molecule has 3 N–H and O–H groups in total. The van der Waals surface area contributed by atoms with E-state index in [-0.39, 0.29) is 23.4 Å². The first-order valence-corrected chi connectivity index (χ1v) is 9.10. The van der Waals surface area contributed by atoms with E-state index in [1.165, 1.54) is 0 Å². The molecule has 0 radical (unpaired) electrons. The van der Waals surface area contributed by atoms with Crippen molar-refractivity contribution in [3.8, 4) is 0 Å². The van der Waals surface area contributed by atoms with Gasteiger partial charge in [-0.05, 0) is 24.8 Å². The second-order valence-corrected chi connectivity index (χ2v) is 7.18. The van der Waals surface area contributed by atoms with Gasteiger partial charge in [0.2, 0.25) is 11.8 Å². The molecule has 6 nitrogen and oxygen atoms in total. The molecular formula is C18H32N4O2. The van der Waals surface area contributed by atoms with Crippen molar-refractivity contribution < 1.29 is 9.59 Å². The SMILES string of the molecule is C=C(CNC1CCC(=O)NC1=O)[C@@](C)([C@@H](C)CC)N1CCNCC1. The zero-order valence-electron chi connectivity index (χ0n) is 15.3. The number of piperidine rings is 1. The second kappa shape index (κ2) is 8.23. The Hall–Kier alpha value is -1.24. The summed E-state index contributed by atoms with van der Waals surface area (Å²) < 4.78 is 0. The fourth-order valence-corrected chi connectivity index (χ4v) is 3.72. The summed E-state index contributed by atoms with van der Waals surface area (Å²) in [5, 5.41) is 9.11. The zero-order valence-corrected chi connectivity index (χ0v) is 15.3. The average molecular weight is 336 g/mol. The lowest BCUT2D eigenvalue weighted by Crippen LogP contribution is -2.60. The van der Waals surface area contributed by atoms with Crippen molar-refractivity contribution in [2.24, 2.45) is 5.92 Å². The average Bonchev–Trinajstić information content (AvgIpc) is 2.60. The normalized spacial score (nSPS) is 26.5. The van der Waals surface area contributed by atoms with E-state index in [9.17, 15) is 9.59 Å². The fourth-order valence-electron chi connectivity index (χ4n) is 3.72. The van der Waals surface area contributed by atoms with E-state index in [0.29, 0.717) is 25.3 Å². The van der Waals surface area contributed by atoms with Gasteiger partial charge in [-0.25, -0.2) is 0 Å². The molecule has 2 fully saturated rings. The number of hydrogen-bond acceptors (Lipinski definition) is 5. The summed E-state index contributed by atoms with van der Waals surface area (Å²) in [7, 11) is 0. The summed E-state index contributed by atoms with van der Waals surface area (Å²) in [5.74, 6) is 0.0836. The van der Waals surface area contributed by atoms with Gasteiger partial charge in [0.1, 0.15) is 0 Å². The lowest BCUT2D eigenvalue weighted by molar-refractivity contribution is -0.134. The number of carbonyl (C=O) groups is 2. The first-order valence-electron chi connectivity index (χ1n) is 9.10. The molecule has 0 bridgehead atoms. The Kier molecular flexibility index (Phi) is 6.54. The molecule has 0 spiro atoms. The Bertz CT molecular complexity index is 487. The molecule has 2 saturated heterocycles. The topological polar surface area (TPSA) is 73.5 Å². The molecule has 2 aliphatic heterocycles. The quantitative estimate of drug-likeness (QED) is 0.470. The predicted molar refractivity (Wildman–Crippen MR) is 95.6 cm³/mol. The van der Waals surface area contributed by atoms with E-state index < -0.39 is 0 Å². The van der Waals surface area contributed by atoms with Crippen LogP contribution in [0.5, 0.6) is 0 Å². The molecule has 2 heterocycles. The highest BCUT2D eigenvalue weighted by Gasteiger charge is 2.39. The van der Waals surface area contributed by atoms with Gasteiger partial charge in [0, 0.05) is 44.7 Å². The molecule has 2 aliphatic rings. The standard InChI is InChI=1S/C18H32N4O2/c1-5-13(2)18(4,22-10-8-19-9-11-22)14(3)12-20-15-6-7-16(23)21-17(15)24/h13,15,19-20H,3,5-12H2,1-2,4H3,(H,21,23,24)/t13-,15?,18+/m0/s1.